The van der Waals surface area contributed by atoms with Crippen LogP contribution in [-0.2, 0) is 0 Å². The smallest absolute Gasteiger partial charge is 0.356 e. The van der Waals surface area contributed by atoms with E-state index < -0.39 is 5.97 Å². The Morgan fingerprint density at radius 3 is 2.83 bits per heavy atom. The summed E-state index contributed by atoms with van der Waals surface area (Å²) in [7, 11) is 1.66. The number of pyridine rings is 1. The minimum Gasteiger partial charge on any atom is -0.476 e. The Morgan fingerprint density at radius 1 is 1.50 bits per heavy atom. The SMILES string of the molecule is CN(N)/C=C(\N)c1ccc2nc(C(=O)O)cn2c1. The van der Waals surface area contributed by atoms with Crippen molar-refractivity contribution in [3.8, 4) is 0 Å². The van der Waals surface area contributed by atoms with Gasteiger partial charge in [-0.2, -0.15) is 0 Å². The number of aromatic nitrogens is 2. The van der Waals surface area contributed by atoms with Crippen LogP contribution in [0.25, 0.3) is 11.3 Å². The van der Waals surface area contributed by atoms with E-state index in [1.165, 1.54) is 11.2 Å². The number of carbonyl (C=O) groups is 1. The molecule has 18 heavy (non-hydrogen) atoms. The zero-order valence-electron chi connectivity index (χ0n) is 9.74. The number of fused-ring (bicyclic) bond motifs is 1. The number of hydrogen-bond donors (Lipinski definition) is 3. The topological polar surface area (TPSA) is 110 Å². The van der Waals surface area contributed by atoms with E-state index in [9.17, 15) is 4.79 Å². The fourth-order valence-corrected chi connectivity index (χ4v) is 1.56. The number of nitrogens with two attached hydrogens (primary N) is 2. The minimum absolute atomic E-state index is 0.00866. The van der Waals surface area contributed by atoms with Crippen molar-refractivity contribution < 1.29 is 9.90 Å². The molecule has 0 aromatic carbocycles. The van der Waals surface area contributed by atoms with Crippen molar-refractivity contribution in [1.29, 1.82) is 0 Å². The molecule has 7 nitrogen and oxygen atoms in total. The van der Waals surface area contributed by atoms with Crippen molar-refractivity contribution in [2.24, 2.45) is 11.6 Å². The summed E-state index contributed by atoms with van der Waals surface area (Å²) in [5.41, 5.74) is 7.59. The molecular weight excluding hydrogens is 234 g/mol. The largest absolute Gasteiger partial charge is 0.476 e. The van der Waals surface area contributed by atoms with Crippen LogP contribution >= 0.6 is 0 Å². The lowest BCUT2D eigenvalue weighted by Gasteiger charge is -2.08. The van der Waals surface area contributed by atoms with E-state index in [1.807, 2.05) is 0 Å². The molecule has 2 heterocycles. The normalized spacial score (nSPS) is 11.8. The van der Waals surface area contributed by atoms with Gasteiger partial charge in [-0.3, -0.25) is 0 Å². The standard InChI is InChI=1S/C11H13N5O2/c1-15(13)5-8(12)7-2-3-10-14-9(11(17)18)6-16(10)4-7/h2-6H,12-13H2,1H3,(H,17,18)/b8-5-. The second kappa shape index (κ2) is 4.38. The summed E-state index contributed by atoms with van der Waals surface area (Å²) in [4.78, 5) is 14.7. The van der Waals surface area contributed by atoms with Crippen molar-refractivity contribution in [3.05, 3.63) is 42.0 Å². The van der Waals surface area contributed by atoms with E-state index >= 15 is 0 Å². The van der Waals surface area contributed by atoms with Gasteiger partial charge in [0.1, 0.15) is 5.65 Å². The van der Waals surface area contributed by atoms with Crippen LogP contribution in [0.1, 0.15) is 16.1 Å². The van der Waals surface area contributed by atoms with E-state index in [-0.39, 0.29) is 5.69 Å². The number of hydrogen-bond acceptors (Lipinski definition) is 5. The zero-order valence-corrected chi connectivity index (χ0v) is 9.74. The molecule has 0 spiro atoms. The number of imidazole rings is 1. The first-order valence-corrected chi connectivity index (χ1v) is 5.14. The molecule has 0 atom stereocenters. The maximum absolute atomic E-state index is 10.8. The van der Waals surface area contributed by atoms with Crippen molar-refractivity contribution in [1.82, 2.24) is 14.4 Å². The molecule has 0 saturated heterocycles. The molecule has 0 unspecified atom stereocenters. The molecule has 7 heteroatoms. The van der Waals surface area contributed by atoms with Gasteiger partial charge >= 0.3 is 5.97 Å². The quantitative estimate of drug-likeness (QED) is 0.524. The fourth-order valence-electron chi connectivity index (χ4n) is 1.56. The van der Waals surface area contributed by atoms with Gasteiger partial charge in [-0.1, -0.05) is 0 Å². The molecule has 2 aromatic rings. The molecule has 0 aliphatic carbocycles. The van der Waals surface area contributed by atoms with Gasteiger partial charge in [0.05, 0.1) is 5.70 Å². The number of carboxylic acid groups (broad SMARTS) is 1. The Kier molecular flexibility index (Phi) is 2.90. The Morgan fingerprint density at radius 2 is 2.22 bits per heavy atom. The second-order valence-corrected chi connectivity index (χ2v) is 3.86. The molecule has 0 radical (unpaired) electrons. The highest BCUT2D eigenvalue weighted by atomic mass is 16.4. The van der Waals surface area contributed by atoms with Crippen molar-refractivity contribution in [2.45, 2.75) is 0 Å². The molecule has 0 amide bonds. The predicted octanol–water partition coefficient (Wildman–Crippen LogP) is 0.0951. The first kappa shape index (κ1) is 11.9. The van der Waals surface area contributed by atoms with E-state index in [4.69, 9.17) is 16.7 Å². The minimum atomic E-state index is -1.06. The third-order valence-electron chi connectivity index (χ3n) is 2.35. The van der Waals surface area contributed by atoms with E-state index in [1.54, 1.807) is 36.0 Å². The number of nitrogens with zero attached hydrogens (tertiary/aromatic N) is 3. The lowest BCUT2D eigenvalue weighted by atomic mass is 10.2. The van der Waals surface area contributed by atoms with Gasteiger partial charge < -0.3 is 20.2 Å². The maximum atomic E-state index is 10.8. The van der Waals surface area contributed by atoms with Crippen LogP contribution in [-0.4, -0.2) is 32.5 Å². The average molecular weight is 247 g/mol. The van der Waals surface area contributed by atoms with Gasteiger partial charge in [0, 0.05) is 31.2 Å². The Bertz CT molecular complexity index is 629. The second-order valence-electron chi connectivity index (χ2n) is 3.86. The molecule has 0 aliphatic heterocycles. The summed E-state index contributed by atoms with van der Waals surface area (Å²) in [5.74, 6) is 4.40. The summed E-state index contributed by atoms with van der Waals surface area (Å²) in [6.45, 7) is 0. The molecule has 0 aliphatic rings. The molecule has 2 aromatic heterocycles. The van der Waals surface area contributed by atoms with Crippen molar-refractivity contribution >= 4 is 17.3 Å². The van der Waals surface area contributed by atoms with Crippen LogP contribution in [0.5, 0.6) is 0 Å². The summed E-state index contributed by atoms with van der Waals surface area (Å²) >= 11 is 0. The molecule has 5 N–H and O–H groups in total. The van der Waals surface area contributed by atoms with Crippen LogP contribution in [0.2, 0.25) is 0 Å². The van der Waals surface area contributed by atoms with Crippen LogP contribution in [0.4, 0.5) is 0 Å². The number of carboxylic acids is 1. The summed E-state index contributed by atoms with van der Waals surface area (Å²) in [6.07, 6.45) is 4.70. The highest BCUT2D eigenvalue weighted by Gasteiger charge is 2.09. The molecule has 94 valence electrons. The predicted molar refractivity (Wildman–Crippen MR) is 66.3 cm³/mol. The van der Waals surface area contributed by atoms with Crippen LogP contribution < -0.4 is 11.6 Å². The number of aromatic carboxylic acids is 1. The number of hydrazine groups is 1. The van der Waals surface area contributed by atoms with Gasteiger partial charge in [-0.05, 0) is 12.1 Å². The van der Waals surface area contributed by atoms with E-state index in [0.29, 0.717) is 11.3 Å². The molecular formula is C11H13N5O2. The first-order valence-electron chi connectivity index (χ1n) is 5.14. The Labute approximate surface area is 103 Å². The van der Waals surface area contributed by atoms with Gasteiger partial charge in [-0.25, -0.2) is 15.6 Å². The van der Waals surface area contributed by atoms with Crippen LogP contribution in [0, 0.1) is 0 Å². The summed E-state index contributed by atoms with van der Waals surface area (Å²) < 4.78 is 1.61. The monoisotopic (exact) mass is 247 g/mol. The van der Waals surface area contributed by atoms with Gasteiger partial charge in [0.2, 0.25) is 0 Å². The lowest BCUT2D eigenvalue weighted by molar-refractivity contribution is 0.0691. The lowest BCUT2D eigenvalue weighted by Crippen LogP contribution is -2.20. The molecule has 0 fully saturated rings. The van der Waals surface area contributed by atoms with Crippen LogP contribution in [0.3, 0.4) is 0 Å². The summed E-state index contributed by atoms with van der Waals surface area (Å²) in [5, 5.41) is 10.2. The Hall–Kier alpha value is -2.54. The Balaban J connectivity index is 2.47. The fraction of sp³-hybridized carbons (Fsp3) is 0.0909. The highest BCUT2D eigenvalue weighted by Crippen LogP contribution is 2.12. The van der Waals surface area contributed by atoms with Gasteiger partial charge in [-0.15, -0.1) is 0 Å². The zero-order chi connectivity index (χ0) is 13.3. The van der Waals surface area contributed by atoms with Gasteiger partial charge in [0.15, 0.2) is 5.69 Å². The van der Waals surface area contributed by atoms with Gasteiger partial charge in [0.25, 0.3) is 0 Å². The molecule has 0 bridgehead atoms. The van der Waals surface area contributed by atoms with E-state index in [2.05, 4.69) is 4.98 Å². The van der Waals surface area contributed by atoms with Crippen molar-refractivity contribution in [3.63, 3.8) is 0 Å². The molecule has 2 rings (SSSR count). The summed E-state index contributed by atoms with van der Waals surface area (Å²) in [6, 6.07) is 3.45. The average Bonchev–Trinajstić information content (AvgIpc) is 2.70. The van der Waals surface area contributed by atoms with Crippen LogP contribution in [0.15, 0.2) is 30.7 Å². The first-order chi connectivity index (χ1) is 8.47. The van der Waals surface area contributed by atoms with E-state index in [0.717, 1.165) is 5.56 Å². The maximum Gasteiger partial charge on any atom is 0.356 e. The third-order valence-corrected chi connectivity index (χ3v) is 2.35. The highest BCUT2D eigenvalue weighted by molar-refractivity contribution is 5.86. The van der Waals surface area contributed by atoms with Crippen molar-refractivity contribution in [2.75, 3.05) is 7.05 Å². The molecule has 0 saturated carbocycles. The number of rotatable bonds is 3. The third kappa shape index (κ3) is 2.25.